The second-order valence-electron chi connectivity index (χ2n) is 8.00. The molecule has 164 valence electrons. The zero-order valence-electron chi connectivity index (χ0n) is 18.1. The van der Waals surface area contributed by atoms with Crippen molar-refractivity contribution >= 4 is 0 Å². The van der Waals surface area contributed by atoms with Crippen LogP contribution in [0.2, 0.25) is 0 Å². The average molecular weight is 415 g/mol. The van der Waals surface area contributed by atoms with Gasteiger partial charge in [-0.25, -0.2) is 0 Å². The Morgan fingerprint density at radius 1 is 0.700 bits per heavy atom. The zero-order chi connectivity index (χ0) is 21.3. The van der Waals surface area contributed by atoms with E-state index < -0.39 is 0 Å². The van der Waals surface area contributed by atoms with Gasteiger partial charge in [-0.1, -0.05) is 47.5 Å². The van der Waals surface area contributed by atoms with Gasteiger partial charge in [0, 0.05) is 13.1 Å². The third-order valence-corrected chi connectivity index (χ3v) is 4.81. The summed E-state index contributed by atoms with van der Waals surface area (Å²) >= 11 is 0. The molecule has 2 aromatic carbocycles. The van der Waals surface area contributed by atoms with Gasteiger partial charge in [-0.3, -0.25) is 0 Å². The SMILES string of the molecule is Cc1cc(CN)cc(CN)c1.Cc1cc(COCC2CO2)cc(COCC2CO2)c1. The first kappa shape index (κ1) is 22.9. The lowest BCUT2D eigenvalue weighted by Gasteiger charge is -2.08. The van der Waals surface area contributed by atoms with E-state index in [2.05, 4.69) is 44.2 Å². The second kappa shape index (κ2) is 11.6. The molecule has 2 saturated heterocycles. The Hall–Kier alpha value is -1.80. The lowest BCUT2D eigenvalue weighted by Crippen LogP contribution is -2.04. The van der Waals surface area contributed by atoms with E-state index in [0.717, 1.165) is 24.3 Å². The van der Waals surface area contributed by atoms with Crippen molar-refractivity contribution in [2.24, 2.45) is 11.5 Å². The summed E-state index contributed by atoms with van der Waals surface area (Å²) in [6, 6.07) is 12.7. The summed E-state index contributed by atoms with van der Waals surface area (Å²) in [7, 11) is 0. The third-order valence-electron chi connectivity index (χ3n) is 4.81. The molecule has 2 aliphatic heterocycles. The monoisotopic (exact) mass is 414 g/mol. The molecule has 30 heavy (non-hydrogen) atoms. The van der Waals surface area contributed by atoms with Gasteiger partial charge in [0.2, 0.25) is 0 Å². The van der Waals surface area contributed by atoms with E-state index in [-0.39, 0.29) is 0 Å². The fourth-order valence-corrected chi connectivity index (χ4v) is 3.24. The molecular weight excluding hydrogens is 380 g/mol. The molecule has 2 unspecified atom stereocenters. The molecule has 0 radical (unpaired) electrons. The molecule has 0 bridgehead atoms. The maximum absolute atomic E-state index is 5.62. The van der Waals surface area contributed by atoms with E-state index >= 15 is 0 Å². The van der Waals surface area contributed by atoms with E-state index in [1.807, 2.05) is 6.07 Å². The highest BCUT2D eigenvalue weighted by Crippen LogP contribution is 2.15. The summed E-state index contributed by atoms with van der Waals surface area (Å²) in [5.41, 5.74) is 18.2. The summed E-state index contributed by atoms with van der Waals surface area (Å²) in [5, 5.41) is 0. The molecule has 0 saturated carbocycles. The van der Waals surface area contributed by atoms with Crippen LogP contribution < -0.4 is 11.5 Å². The minimum absolute atomic E-state index is 0.325. The smallest absolute Gasteiger partial charge is 0.104 e. The Balaban J connectivity index is 0.000000199. The van der Waals surface area contributed by atoms with Gasteiger partial charge in [0.1, 0.15) is 12.2 Å². The Kier molecular flexibility index (Phi) is 8.81. The Morgan fingerprint density at radius 3 is 1.43 bits per heavy atom. The molecule has 0 spiro atoms. The predicted octanol–water partition coefficient (Wildman–Crippen LogP) is 2.74. The van der Waals surface area contributed by atoms with Crippen molar-refractivity contribution in [1.29, 1.82) is 0 Å². The van der Waals surface area contributed by atoms with Crippen molar-refractivity contribution in [3.63, 3.8) is 0 Å². The number of nitrogens with two attached hydrogens (primary N) is 2. The minimum atomic E-state index is 0.325. The van der Waals surface area contributed by atoms with Crippen LogP contribution in [0.1, 0.15) is 33.4 Å². The molecule has 2 heterocycles. The van der Waals surface area contributed by atoms with Crippen molar-refractivity contribution in [2.45, 2.75) is 52.4 Å². The van der Waals surface area contributed by atoms with Crippen LogP contribution in [0.15, 0.2) is 36.4 Å². The Morgan fingerprint density at radius 2 is 1.07 bits per heavy atom. The standard InChI is InChI=1S/C15H20O4.C9H14N2/c1-11-2-12(5-16-7-14-9-18-14)4-13(3-11)6-17-8-15-10-19-15;1-7-2-8(5-10)4-9(3-7)6-11/h2-4,14-15H,5-10H2,1H3;2-4H,5-6,10-11H2,1H3. The number of hydrogen-bond acceptors (Lipinski definition) is 6. The van der Waals surface area contributed by atoms with E-state index in [0.29, 0.717) is 51.7 Å². The molecular formula is C24H34N2O4. The van der Waals surface area contributed by atoms with E-state index in [4.69, 9.17) is 30.4 Å². The number of epoxide rings is 2. The zero-order valence-corrected chi connectivity index (χ0v) is 18.1. The van der Waals surface area contributed by atoms with Gasteiger partial charge in [0.25, 0.3) is 0 Å². The average Bonchev–Trinajstić information content (AvgIpc) is 3.63. The van der Waals surface area contributed by atoms with Crippen LogP contribution in [-0.4, -0.2) is 38.6 Å². The van der Waals surface area contributed by atoms with E-state index in [9.17, 15) is 0 Å². The predicted molar refractivity (Wildman–Crippen MR) is 117 cm³/mol. The summed E-state index contributed by atoms with van der Waals surface area (Å²) in [6.07, 6.45) is 0.650. The molecule has 2 aliphatic rings. The number of ether oxygens (including phenoxy) is 4. The maximum atomic E-state index is 5.62. The summed E-state index contributed by atoms with van der Waals surface area (Å²) in [6.45, 7) is 9.69. The van der Waals surface area contributed by atoms with Crippen LogP contribution in [0.4, 0.5) is 0 Å². The fraction of sp³-hybridized carbons (Fsp3) is 0.500. The van der Waals surface area contributed by atoms with Gasteiger partial charge in [0.15, 0.2) is 0 Å². The van der Waals surface area contributed by atoms with Crippen molar-refractivity contribution < 1.29 is 18.9 Å². The fourth-order valence-electron chi connectivity index (χ4n) is 3.24. The molecule has 0 aromatic heterocycles. The highest BCUT2D eigenvalue weighted by atomic mass is 16.6. The molecule has 2 fully saturated rings. The van der Waals surface area contributed by atoms with Crippen LogP contribution in [-0.2, 0) is 45.3 Å². The molecule has 6 heteroatoms. The first-order valence-electron chi connectivity index (χ1n) is 10.5. The van der Waals surface area contributed by atoms with Crippen LogP contribution in [0, 0.1) is 13.8 Å². The second-order valence-corrected chi connectivity index (χ2v) is 8.00. The molecule has 2 aromatic rings. The summed E-state index contributed by atoms with van der Waals surface area (Å²) in [5.74, 6) is 0. The van der Waals surface area contributed by atoms with E-state index in [1.165, 1.54) is 22.3 Å². The van der Waals surface area contributed by atoms with Crippen LogP contribution in [0.5, 0.6) is 0 Å². The summed E-state index contributed by atoms with van der Waals surface area (Å²) < 4.78 is 21.5. The van der Waals surface area contributed by atoms with Crippen molar-refractivity contribution in [3.8, 4) is 0 Å². The van der Waals surface area contributed by atoms with Crippen LogP contribution >= 0.6 is 0 Å². The first-order valence-corrected chi connectivity index (χ1v) is 10.5. The molecule has 0 amide bonds. The van der Waals surface area contributed by atoms with Crippen molar-refractivity contribution in [3.05, 3.63) is 69.8 Å². The highest BCUT2D eigenvalue weighted by molar-refractivity contribution is 5.29. The number of aryl methyl sites for hydroxylation is 2. The lowest BCUT2D eigenvalue weighted by molar-refractivity contribution is 0.100. The van der Waals surface area contributed by atoms with E-state index in [1.54, 1.807) is 0 Å². The van der Waals surface area contributed by atoms with Gasteiger partial charge in [-0.2, -0.15) is 0 Å². The van der Waals surface area contributed by atoms with Gasteiger partial charge in [-0.05, 0) is 36.1 Å². The lowest BCUT2D eigenvalue weighted by atomic mass is 10.1. The number of rotatable bonds is 10. The first-order chi connectivity index (χ1) is 14.6. The Bertz CT molecular complexity index is 745. The number of benzene rings is 2. The van der Waals surface area contributed by atoms with Crippen LogP contribution in [0.25, 0.3) is 0 Å². The van der Waals surface area contributed by atoms with Gasteiger partial charge in [-0.15, -0.1) is 0 Å². The number of hydrogen-bond donors (Lipinski definition) is 2. The topological polar surface area (TPSA) is 95.6 Å². The van der Waals surface area contributed by atoms with Crippen molar-refractivity contribution in [1.82, 2.24) is 0 Å². The van der Waals surface area contributed by atoms with Crippen molar-refractivity contribution in [2.75, 3.05) is 26.4 Å². The third kappa shape index (κ3) is 8.52. The quantitative estimate of drug-likeness (QED) is 0.581. The summed E-state index contributed by atoms with van der Waals surface area (Å²) in [4.78, 5) is 0. The van der Waals surface area contributed by atoms with Gasteiger partial charge < -0.3 is 30.4 Å². The Labute approximate surface area is 179 Å². The van der Waals surface area contributed by atoms with Crippen LogP contribution in [0.3, 0.4) is 0 Å². The molecule has 0 aliphatic carbocycles. The minimum Gasteiger partial charge on any atom is -0.374 e. The molecule has 4 N–H and O–H groups in total. The van der Waals surface area contributed by atoms with Gasteiger partial charge >= 0.3 is 0 Å². The highest BCUT2D eigenvalue weighted by Gasteiger charge is 2.23. The van der Waals surface area contributed by atoms with Gasteiger partial charge in [0.05, 0.1) is 39.6 Å². The largest absolute Gasteiger partial charge is 0.374 e. The molecule has 4 rings (SSSR count). The maximum Gasteiger partial charge on any atom is 0.104 e. The molecule has 2 atom stereocenters. The normalized spacial score (nSPS) is 19.2. The molecule has 6 nitrogen and oxygen atoms in total.